The molecule has 2 atom stereocenters. The molecule has 0 aliphatic heterocycles. The monoisotopic (exact) mass is 292 g/mol. The van der Waals surface area contributed by atoms with Crippen LogP contribution in [-0.2, 0) is 0 Å². The molecule has 0 heterocycles. The largest absolute Gasteiger partial charge is 0.497 e. The molecule has 0 radical (unpaired) electrons. The van der Waals surface area contributed by atoms with Crippen LogP contribution < -0.4 is 10.5 Å². The van der Waals surface area contributed by atoms with E-state index >= 15 is 0 Å². The van der Waals surface area contributed by atoms with E-state index in [4.69, 9.17) is 10.5 Å². The number of likely N-dealkylation sites (N-methyl/N-ethyl adjacent to an activating group) is 1. The van der Waals surface area contributed by atoms with Gasteiger partial charge in [-0.2, -0.15) is 0 Å². The molecule has 1 rings (SSSR count). The topological polar surface area (TPSA) is 38.5 Å². The zero-order valence-electron chi connectivity index (χ0n) is 14.3. The fourth-order valence-electron chi connectivity index (χ4n) is 2.99. The Morgan fingerprint density at radius 3 is 2.33 bits per heavy atom. The molecular weight excluding hydrogens is 260 g/mol. The lowest BCUT2D eigenvalue weighted by Gasteiger charge is -2.36. The average Bonchev–Trinajstić information content (AvgIpc) is 2.50. The minimum Gasteiger partial charge on any atom is -0.497 e. The Morgan fingerprint density at radius 1 is 1.19 bits per heavy atom. The maximum atomic E-state index is 6.31. The van der Waals surface area contributed by atoms with E-state index < -0.39 is 0 Å². The van der Waals surface area contributed by atoms with Crippen LogP contribution in [0.15, 0.2) is 24.3 Å². The van der Waals surface area contributed by atoms with Crippen molar-refractivity contribution in [2.45, 2.75) is 52.6 Å². The lowest BCUT2D eigenvalue weighted by atomic mass is 9.95. The molecular formula is C18H32N2O. The van der Waals surface area contributed by atoms with Crippen LogP contribution >= 0.6 is 0 Å². The highest BCUT2D eigenvalue weighted by Crippen LogP contribution is 2.28. The summed E-state index contributed by atoms with van der Waals surface area (Å²) in [7, 11) is 1.71. The molecule has 0 aliphatic carbocycles. The molecule has 3 heteroatoms. The third-order valence-corrected chi connectivity index (χ3v) is 4.38. The summed E-state index contributed by atoms with van der Waals surface area (Å²) in [5.74, 6) is 1.63. The van der Waals surface area contributed by atoms with Crippen LogP contribution in [-0.4, -0.2) is 31.1 Å². The van der Waals surface area contributed by atoms with Crippen molar-refractivity contribution in [2.75, 3.05) is 20.2 Å². The van der Waals surface area contributed by atoms with Gasteiger partial charge < -0.3 is 10.5 Å². The van der Waals surface area contributed by atoms with Crippen molar-refractivity contribution in [3.63, 3.8) is 0 Å². The van der Waals surface area contributed by atoms with Crippen molar-refractivity contribution in [3.05, 3.63) is 29.8 Å². The smallest absolute Gasteiger partial charge is 0.119 e. The second-order valence-corrected chi connectivity index (χ2v) is 5.85. The average molecular weight is 292 g/mol. The van der Waals surface area contributed by atoms with E-state index in [2.05, 4.69) is 50.8 Å². The van der Waals surface area contributed by atoms with Gasteiger partial charge in [-0.05, 0) is 37.1 Å². The molecule has 3 nitrogen and oxygen atoms in total. The van der Waals surface area contributed by atoms with E-state index in [1.54, 1.807) is 7.11 Å². The van der Waals surface area contributed by atoms with Gasteiger partial charge in [0.2, 0.25) is 0 Å². The van der Waals surface area contributed by atoms with E-state index in [1.165, 1.54) is 18.4 Å². The summed E-state index contributed by atoms with van der Waals surface area (Å²) in [4.78, 5) is 2.51. The predicted molar refractivity (Wildman–Crippen MR) is 90.7 cm³/mol. The highest BCUT2D eigenvalue weighted by Gasteiger charge is 2.24. The summed E-state index contributed by atoms with van der Waals surface area (Å²) in [6, 6.07) is 8.64. The predicted octanol–water partition coefficient (Wildman–Crippen LogP) is 3.84. The van der Waals surface area contributed by atoms with Gasteiger partial charge in [0.25, 0.3) is 0 Å². The van der Waals surface area contributed by atoms with Gasteiger partial charge in [0.05, 0.1) is 7.11 Å². The highest BCUT2D eigenvalue weighted by molar-refractivity contribution is 5.31. The lowest BCUT2D eigenvalue weighted by molar-refractivity contribution is 0.153. The molecule has 120 valence electrons. The van der Waals surface area contributed by atoms with Crippen molar-refractivity contribution in [3.8, 4) is 5.75 Å². The minimum absolute atomic E-state index is 0.0893. The van der Waals surface area contributed by atoms with Crippen LogP contribution in [0.2, 0.25) is 0 Å². The zero-order valence-corrected chi connectivity index (χ0v) is 14.3. The molecule has 0 bridgehead atoms. The zero-order chi connectivity index (χ0) is 15.8. The van der Waals surface area contributed by atoms with Gasteiger partial charge in [-0.1, -0.05) is 45.7 Å². The second kappa shape index (κ2) is 9.06. The fraction of sp³-hybridized carbons (Fsp3) is 0.667. The third-order valence-electron chi connectivity index (χ3n) is 4.38. The number of methoxy groups -OCH3 is 1. The standard InChI is InChI=1S/C18H32N2O/c1-6-15(7-2)13-20(8-3)18(14(4)19)16-10-9-11-17(12-16)21-5/h9-12,14-15,18H,6-8,13,19H2,1-5H3. The number of hydrogen-bond donors (Lipinski definition) is 1. The number of ether oxygens (including phenoxy) is 1. The Labute approximate surface area is 130 Å². The Morgan fingerprint density at radius 2 is 1.86 bits per heavy atom. The van der Waals surface area contributed by atoms with E-state index in [9.17, 15) is 0 Å². The van der Waals surface area contributed by atoms with Crippen molar-refractivity contribution < 1.29 is 4.74 Å². The van der Waals surface area contributed by atoms with E-state index in [0.717, 1.165) is 24.8 Å². The number of nitrogens with zero attached hydrogens (tertiary/aromatic N) is 1. The molecule has 0 aliphatic rings. The molecule has 0 fully saturated rings. The second-order valence-electron chi connectivity index (χ2n) is 5.85. The van der Waals surface area contributed by atoms with Crippen LogP contribution in [0.4, 0.5) is 0 Å². The minimum atomic E-state index is 0.0893. The Kier molecular flexibility index (Phi) is 7.76. The van der Waals surface area contributed by atoms with E-state index in [0.29, 0.717) is 0 Å². The maximum absolute atomic E-state index is 6.31. The molecule has 0 aromatic heterocycles. The van der Waals surface area contributed by atoms with Gasteiger partial charge in [-0.25, -0.2) is 0 Å². The molecule has 0 amide bonds. The molecule has 1 aromatic rings. The van der Waals surface area contributed by atoms with Crippen molar-refractivity contribution in [1.29, 1.82) is 0 Å². The first kappa shape index (κ1) is 18.0. The normalized spacial score (nSPS) is 14.5. The SMILES string of the molecule is CCC(CC)CN(CC)C(c1cccc(OC)c1)C(C)N. The summed E-state index contributed by atoms with van der Waals surface area (Å²) in [5, 5.41) is 0. The van der Waals surface area contributed by atoms with Gasteiger partial charge in [0.1, 0.15) is 5.75 Å². The van der Waals surface area contributed by atoms with Crippen LogP contribution in [0.5, 0.6) is 5.75 Å². The van der Waals surface area contributed by atoms with E-state index in [-0.39, 0.29) is 12.1 Å². The molecule has 21 heavy (non-hydrogen) atoms. The lowest BCUT2D eigenvalue weighted by Crippen LogP contribution is -2.41. The molecule has 1 aromatic carbocycles. The van der Waals surface area contributed by atoms with Gasteiger partial charge in [0.15, 0.2) is 0 Å². The summed E-state index contributed by atoms with van der Waals surface area (Å²) < 4.78 is 5.36. The Balaban J connectivity index is 3.01. The highest BCUT2D eigenvalue weighted by atomic mass is 16.5. The summed E-state index contributed by atoms with van der Waals surface area (Å²) in [6.07, 6.45) is 2.44. The number of rotatable bonds is 9. The van der Waals surface area contributed by atoms with Crippen molar-refractivity contribution >= 4 is 0 Å². The van der Waals surface area contributed by atoms with Gasteiger partial charge >= 0.3 is 0 Å². The Bertz CT molecular complexity index is 402. The van der Waals surface area contributed by atoms with Crippen LogP contribution in [0.1, 0.15) is 52.1 Å². The Hall–Kier alpha value is -1.06. The summed E-state index contributed by atoms with van der Waals surface area (Å²) in [6.45, 7) is 11.0. The molecule has 2 N–H and O–H groups in total. The number of nitrogens with two attached hydrogens (primary N) is 1. The quantitative estimate of drug-likeness (QED) is 0.751. The first-order valence-electron chi connectivity index (χ1n) is 8.20. The third kappa shape index (κ3) is 5.01. The first-order chi connectivity index (χ1) is 10.1. The van der Waals surface area contributed by atoms with E-state index in [1.807, 2.05) is 6.07 Å². The van der Waals surface area contributed by atoms with Crippen molar-refractivity contribution in [1.82, 2.24) is 4.90 Å². The molecule has 2 unspecified atom stereocenters. The van der Waals surface area contributed by atoms with Gasteiger partial charge in [-0.15, -0.1) is 0 Å². The van der Waals surface area contributed by atoms with Crippen LogP contribution in [0.3, 0.4) is 0 Å². The van der Waals surface area contributed by atoms with Crippen molar-refractivity contribution in [2.24, 2.45) is 11.7 Å². The van der Waals surface area contributed by atoms with Gasteiger partial charge in [0, 0.05) is 18.6 Å². The fourth-order valence-corrected chi connectivity index (χ4v) is 2.99. The first-order valence-corrected chi connectivity index (χ1v) is 8.20. The van der Waals surface area contributed by atoms with Crippen LogP contribution in [0, 0.1) is 5.92 Å². The van der Waals surface area contributed by atoms with Gasteiger partial charge in [-0.3, -0.25) is 4.90 Å². The summed E-state index contributed by atoms with van der Waals surface area (Å²) >= 11 is 0. The van der Waals surface area contributed by atoms with Crippen LogP contribution in [0.25, 0.3) is 0 Å². The number of benzene rings is 1. The molecule has 0 spiro atoms. The molecule has 0 saturated heterocycles. The maximum Gasteiger partial charge on any atom is 0.119 e. The summed E-state index contributed by atoms with van der Waals surface area (Å²) in [5.41, 5.74) is 7.56. The number of hydrogen-bond acceptors (Lipinski definition) is 3. The molecule has 0 saturated carbocycles.